The first kappa shape index (κ1) is 17.5. The first-order valence-electron chi connectivity index (χ1n) is 8.60. The molecule has 1 fully saturated rings. The minimum absolute atomic E-state index is 0.0637. The van der Waals surface area contributed by atoms with Gasteiger partial charge in [0.05, 0.1) is 12.7 Å². The fourth-order valence-corrected chi connectivity index (χ4v) is 3.27. The van der Waals surface area contributed by atoms with Crippen LogP contribution in [-0.2, 0) is 6.54 Å². The minimum atomic E-state index is -0.300. The van der Waals surface area contributed by atoms with E-state index in [0.29, 0.717) is 25.3 Å². The SMILES string of the molecule is CCC1(CO)CCN(C(=O)c2cn(Cc3cccc(F)c3)nn2)CC1. The fourth-order valence-electron chi connectivity index (χ4n) is 3.27. The molecule has 0 unspecified atom stereocenters. The molecule has 0 saturated carbocycles. The Morgan fingerprint density at radius 1 is 1.36 bits per heavy atom. The van der Waals surface area contributed by atoms with E-state index in [0.717, 1.165) is 24.8 Å². The highest BCUT2D eigenvalue weighted by atomic mass is 19.1. The normalized spacial score (nSPS) is 16.8. The van der Waals surface area contributed by atoms with Crippen molar-refractivity contribution < 1.29 is 14.3 Å². The highest BCUT2D eigenvalue weighted by Crippen LogP contribution is 2.34. The van der Waals surface area contributed by atoms with Gasteiger partial charge in [-0.15, -0.1) is 5.10 Å². The Hall–Kier alpha value is -2.28. The molecule has 134 valence electrons. The first-order valence-corrected chi connectivity index (χ1v) is 8.60. The second-order valence-electron chi connectivity index (χ2n) is 6.74. The number of nitrogens with zero attached hydrogens (tertiary/aromatic N) is 4. The Balaban J connectivity index is 1.63. The van der Waals surface area contributed by atoms with Crippen LogP contribution in [0.2, 0.25) is 0 Å². The largest absolute Gasteiger partial charge is 0.396 e. The molecule has 0 spiro atoms. The molecule has 1 aliphatic heterocycles. The van der Waals surface area contributed by atoms with Crippen molar-refractivity contribution in [2.75, 3.05) is 19.7 Å². The van der Waals surface area contributed by atoms with Gasteiger partial charge in [-0.3, -0.25) is 4.79 Å². The van der Waals surface area contributed by atoms with Gasteiger partial charge in [-0.1, -0.05) is 24.3 Å². The molecule has 2 heterocycles. The zero-order valence-corrected chi connectivity index (χ0v) is 14.4. The highest BCUT2D eigenvalue weighted by molar-refractivity contribution is 5.92. The summed E-state index contributed by atoms with van der Waals surface area (Å²) in [6, 6.07) is 6.27. The number of carbonyl (C=O) groups excluding carboxylic acids is 1. The quantitative estimate of drug-likeness (QED) is 0.900. The molecule has 1 amide bonds. The Bertz CT molecular complexity index is 732. The maximum atomic E-state index is 13.2. The summed E-state index contributed by atoms with van der Waals surface area (Å²) in [4.78, 5) is 14.4. The van der Waals surface area contributed by atoms with Crippen molar-refractivity contribution in [1.29, 1.82) is 0 Å². The summed E-state index contributed by atoms with van der Waals surface area (Å²) in [5, 5.41) is 17.5. The van der Waals surface area contributed by atoms with Gasteiger partial charge in [0.1, 0.15) is 5.82 Å². The number of likely N-dealkylation sites (tertiary alicyclic amines) is 1. The number of carbonyl (C=O) groups is 1. The lowest BCUT2D eigenvalue weighted by Gasteiger charge is -2.39. The van der Waals surface area contributed by atoms with Crippen molar-refractivity contribution in [2.24, 2.45) is 5.41 Å². The van der Waals surface area contributed by atoms with E-state index in [1.807, 2.05) is 0 Å². The molecule has 2 aromatic rings. The van der Waals surface area contributed by atoms with Crippen LogP contribution in [0.4, 0.5) is 4.39 Å². The molecule has 7 heteroatoms. The maximum absolute atomic E-state index is 13.2. The van der Waals surface area contributed by atoms with Gasteiger partial charge in [0.2, 0.25) is 0 Å². The summed E-state index contributed by atoms with van der Waals surface area (Å²) in [5.74, 6) is -0.446. The number of hydrogen-bond acceptors (Lipinski definition) is 4. The van der Waals surface area contributed by atoms with Crippen molar-refractivity contribution in [2.45, 2.75) is 32.7 Å². The molecule has 1 saturated heterocycles. The van der Waals surface area contributed by atoms with Crippen LogP contribution in [0.15, 0.2) is 30.5 Å². The van der Waals surface area contributed by atoms with Gasteiger partial charge < -0.3 is 10.0 Å². The summed E-state index contributed by atoms with van der Waals surface area (Å²) in [6.45, 7) is 3.83. The monoisotopic (exact) mass is 346 g/mol. The van der Waals surface area contributed by atoms with E-state index in [1.54, 1.807) is 23.2 Å². The topological polar surface area (TPSA) is 71.2 Å². The number of amides is 1. The molecule has 25 heavy (non-hydrogen) atoms. The second kappa shape index (κ2) is 7.31. The lowest BCUT2D eigenvalue weighted by atomic mass is 9.77. The lowest BCUT2D eigenvalue weighted by molar-refractivity contribution is 0.0334. The molecule has 6 nitrogen and oxygen atoms in total. The van der Waals surface area contributed by atoms with E-state index < -0.39 is 0 Å². The van der Waals surface area contributed by atoms with Crippen LogP contribution in [0, 0.1) is 11.2 Å². The number of aliphatic hydroxyl groups is 1. The number of aliphatic hydroxyl groups excluding tert-OH is 1. The van der Waals surface area contributed by atoms with E-state index in [1.165, 1.54) is 16.8 Å². The number of benzene rings is 1. The summed E-state index contributed by atoms with van der Waals surface area (Å²) in [7, 11) is 0. The van der Waals surface area contributed by atoms with Crippen LogP contribution in [0.1, 0.15) is 42.2 Å². The van der Waals surface area contributed by atoms with E-state index in [9.17, 15) is 14.3 Å². The van der Waals surface area contributed by atoms with Crippen molar-refractivity contribution in [1.82, 2.24) is 19.9 Å². The predicted molar refractivity (Wildman–Crippen MR) is 90.5 cm³/mol. The maximum Gasteiger partial charge on any atom is 0.276 e. The van der Waals surface area contributed by atoms with E-state index in [-0.39, 0.29) is 23.7 Å². The molecule has 1 aromatic heterocycles. The Morgan fingerprint density at radius 2 is 2.12 bits per heavy atom. The number of hydrogen-bond donors (Lipinski definition) is 1. The average molecular weight is 346 g/mol. The van der Waals surface area contributed by atoms with Gasteiger partial charge >= 0.3 is 0 Å². The summed E-state index contributed by atoms with van der Waals surface area (Å²) in [6.07, 6.45) is 4.10. The molecule has 1 N–H and O–H groups in total. The molecule has 0 bridgehead atoms. The van der Waals surface area contributed by atoms with Crippen molar-refractivity contribution in [3.8, 4) is 0 Å². The molecule has 0 aliphatic carbocycles. The molecule has 1 aromatic carbocycles. The lowest BCUT2D eigenvalue weighted by Crippen LogP contribution is -2.44. The summed E-state index contributed by atoms with van der Waals surface area (Å²) < 4.78 is 14.8. The number of piperidine rings is 1. The van der Waals surface area contributed by atoms with Gasteiger partial charge in [0, 0.05) is 19.7 Å². The zero-order chi connectivity index (χ0) is 17.9. The van der Waals surface area contributed by atoms with E-state index in [2.05, 4.69) is 17.2 Å². The smallest absolute Gasteiger partial charge is 0.276 e. The standard InChI is InChI=1S/C18H23FN4O2/c1-2-18(13-24)6-8-22(9-7-18)17(25)16-12-23(21-20-16)11-14-4-3-5-15(19)10-14/h3-5,10,12,24H,2,6-9,11,13H2,1H3. The summed E-state index contributed by atoms with van der Waals surface area (Å²) in [5.41, 5.74) is 0.994. The highest BCUT2D eigenvalue weighted by Gasteiger charge is 2.34. The number of aromatic nitrogens is 3. The van der Waals surface area contributed by atoms with Crippen LogP contribution in [0.5, 0.6) is 0 Å². The molecular weight excluding hydrogens is 323 g/mol. The number of rotatable bonds is 5. The van der Waals surface area contributed by atoms with Gasteiger partial charge in [-0.2, -0.15) is 0 Å². The number of halogens is 1. The first-order chi connectivity index (χ1) is 12.0. The molecule has 0 radical (unpaired) electrons. The van der Waals surface area contributed by atoms with E-state index in [4.69, 9.17) is 0 Å². The van der Waals surface area contributed by atoms with Crippen molar-refractivity contribution in [3.05, 3.63) is 47.5 Å². The second-order valence-corrected chi connectivity index (χ2v) is 6.74. The van der Waals surface area contributed by atoms with Crippen LogP contribution in [0.3, 0.4) is 0 Å². The van der Waals surface area contributed by atoms with Crippen LogP contribution in [-0.4, -0.2) is 50.6 Å². The third kappa shape index (κ3) is 3.87. The van der Waals surface area contributed by atoms with Gasteiger partial charge in [-0.25, -0.2) is 9.07 Å². The molecule has 3 rings (SSSR count). The van der Waals surface area contributed by atoms with Crippen molar-refractivity contribution >= 4 is 5.91 Å². The predicted octanol–water partition coefficient (Wildman–Crippen LogP) is 2.09. The zero-order valence-electron chi connectivity index (χ0n) is 14.4. The Labute approximate surface area is 146 Å². The van der Waals surface area contributed by atoms with E-state index >= 15 is 0 Å². The molecular formula is C18H23FN4O2. The molecule has 0 atom stereocenters. The average Bonchev–Trinajstić information content (AvgIpc) is 3.09. The van der Waals surface area contributed by atoms with Crippen LogP contribution >= 0.6 is 0 Å². The third-order valence-electron chi connectivity index (χ3n) is 5.19. The molecule has 1 aliphatic rings. The van der Waals surface area contributed by atoms with Crippen LogP contribution < -0.4 is 0 Å². The van der Waals surface area contributed by atoms with Gasteiger partial charge in [0.15, 0.2) is 5.69 Å². The fraction of sp³-hybridized carbons (Fsp3) is 0.500. The van der Waals surface area contributed by atoms with Crippen molar-refractivity contribution in [3.63, 3.8) is 0 Å². The Kier molecular flexibility index (Phi) is 5.13. The van der Waals surface area contributed by atoms with Crippen LogP contribution in [0.25, 0.3) is 0 Å². The third-order valence-corrected chi connectivity index (χ3v) is 5.19. The Morgan fingerprint density at radius 3 is 2.76 bits per heavy atom. The summed E-state index contributed by atoms with van der Waals surface area (Å²) >= 11 is 0. The minimum Gasteiger partial charge on any atom is -0.396 e. The van der Waals surface area contributed by atoms with Gasteiger partial charge in [-0.05, 0) is 42.4 Å². The van der Waals surface area contributed by atoms with Gasteiger partial charge in [0.25, 0.3) is 5.91 Å².